The van der Waals surface area contributed by atoms with Crippen LogP contribution >= 0.6 is 22.9 Å². The molecule has 0 saturated carbocycles. The van der Waals surface area contributed by atoms with E-state index in [2.05, 4.69) is 10.2 Å². The highest BCUT2D eigenvalue weighted by Gasteiger charge is 2.24. The Morgan fingerprint density at radius 2 is 2.00 bits per heavy atom. The topological polar surface area (TPSA) is 68.8 Å². The van der Waals surface area contributed by atoms with Gasteiger partial charge in [-0.15, -0.1) is 0 Å². The number of aryl methyl sites for hydroxylation is 4. The van der Waals surface area contributed by atoms with Crippen molar-refractivity contribution in [2.24, 2.45) is 7.05 Å². The van der Waals surface area contributed by atoms with Crippen LogP contribution in [0.5, 0.6) is 0 Å². The summed E-state index contributed by atoms with van der Waals surface area (Å²) in [6.07, 6.45) is 1.76. The Bertz CT molecular complexity index is 1210. The van der Waals surface area contributed by atoms with Crippen LogP contribution < -0.4 is 4.90 Å². The minimum atomic E-state index is -0.185. The lowest BCUT2D eigenvalue weighted by atomic mass is 10.2. The number of hydrogen-bond acceptors (Lipinski definition) is 5. The number of hydrogen-bond donors (Lipinski definition) is 0. The number of halogens is 1. The molecule has 0 aliphatic rings. The second-order valence-corrected chi connectivity index (χ2v) is 8.41. The van der Waals surface area contributed by atoms with Gasteiger partial charge in [-0.25, -0.2) is 4.98 Å². The summed E-state index contributed by atoms with van der Waals surface area (Å²) in [5.41, 5.74) is 4.13. The quantitative estimate of drug-likeness (QED) is 0.478. The monoisotopic (exact) mass is 428 g/mol. The van der Waals surface area contributed by atoms with E-state index in [0.29, 0.717) is 28.9 Å². The molecule has 29 heavy (non-hydrogen) atoms. The number of aromatic nitrogens is 5. The number of thiazole rings is 1. The highest BCUT2D eigenvalue weighted by molar-refractivity contribution is 7.22. The van der Waals surface area contributed by atoms with E-state index < -0.39 is 0 Å². The average molecular weight is 429 g/mol. The van der Waals surface area contributed by atoms with Crippen LogP contribution in [-0.2, 0) is 13.6 Å². The fourth-order valence-corrected chi connectivity index (χ4v) is 4.45. The Kier molecular flexibility index (Phi) is 5.14. The van der Waals surface area contributed by atoms with Gasteiger partial charge in [-0.3, -0.25) is 19.1 Å². The number of carbonyl (C=O) groups is 1. The third-order valence-electron chi connectivity index (χ3n) is 4.78. The zero-order chi connectivity index (χ0) is 20.7. The zero-order valence-corrected chi connectivity index (χ0v) is 18.3. The van der Waals surface area contributed by atoms with Gasteiger partial charge >= 0.3 is 0 Å². The van der Waals surface area contributed by atoms with Crippen LogP contribution in [-0.4, -0.2) is 37.0 Å². The fourth-order valence-electron chi connectivity index (χ4n) is 3.25. The Morgan fingerprint density at radius 1 is 1.21 bits per heavy atom. The number of rotatable bonds is 5. The van der Waals surface area contributed by atoms with E-state index >= 15 is 0 Å². The first-order valence-electron chi connectivity index (χ1n) is 9.21. The van der Waals surface area contributed by atoms with Gasteiger partial charge in [0.2, 0.25) is 0 Å². The molecule has 4 rings (SSSR count). The summed E-state index contributed by atoms with van der Waals surface area (Å²) >= 11 is 7.73. The smallest absolute Gasteiger partial charge is 0.280 e. The normalized spacial score (nSPS) is 11.3. The molecule has 0 N–H and O–H groups in total. The van der Waals surface area contributed by atoms with Crippen LogP contribution in [0.3, 0.4) is 0 Å². The van der Waals surface area contributed by atoms with E-state index in [1.54, 1.807) is 28.9 Å². The van der Waals surface area contributed by atoms with E-state index in [0.717, 1.165) is 27.2 Å². The zero-order valence-electron chi connectivity index (χ0n) is 16.7. The molecule has 3 heterocycles. The summed E-state index contributed by atoms with van der Waals surface area (Å²) < 4.78 is 4.52. The van der Waals surface area contributed by atoms with Gasteiger partial charge in [-0.2, -0.15) is 10.2 Å². The number of anilines is 1. The van der Waals surface area contributed by atoms with E-state index in [-0.39, 0.29) is 5.91 Å². The van der Waals surface area contributed by atoms with Crippen molar-refractivity contribution in [3.05, 3.63) is 58.1 Å². The molecule has 3 aromatic heterocycles. The molecule has 0 saturated heterocycles. The number of benzene rings is 1. The summed E-state index contributed by atoms with van der Waals surface area (Å²) in [5.74, 6) is -0.185. The van der Waals surface area contributed by atoms with Gasteiger partial charge in [0.25, 0.3) is 5.91 Å². The van der Waals surface area contributed by atoms with E-state index in [4.69, 9.17) is 16.6 Å². The molecule has 1 aromatic carbocycles. The third-order valence-corrected chi connectivity index (χ3v) is 6.24. The summed E-state index contributed by atoms with van der Waals surface area (Å²) in [6.45, 7) is 6.90. The number of carbonyl (C=O) groups excluding carboxylic acids is 1. The van der Waals surface area contributed by atoms with Crippen molar-refractivity contribution < 1.29 is 4.79 Å². The molecule has 4 aromatic rings. The molecule has 0 bridgehead atoms. The van der Waals surface area contributed by atoms with Crippen LogP contribution in [0.25, 0.3) is 10.2 Å². The van der Waals surface area contributed by atoms with E-state index in [9.17, 15) is 4.79 Å². The molecule has 150 valence electrons. The maximum absolute atomic E-state index is 13.3. The highest BCUT2D eigenvalue weighted by Crippen LogP contribution is 2.34. The van der Waals surface area contributed by atoms with Gasteiger partial charge in [-0.05, 0) is 50.6 Å². The van der Waals surface area contributed by atoms with Crippen LogP contribution in [0, 0.1) is 20.8 Å². The Balaban J connectivity index is 1.72. The molecule has 0 spiro atoms. The largest absolute Gasteiger partial charge is 0.281 e. The second-order valence-electron chi connectivity index (χ2n) is 7.00. The standard InChI is InChI=1S/C20H21ClN6OS/c1-12-11-13(2)27(23-12)10-9-26(19(28)16-7-8-25(4)24-16)20-22-18-14(3)15(21)5-6-17(18)29-20/h5-8,11H,9-10H2,1-4H3. The number of amides is 1. The van der Waals surface area contributed by atoms with Gasteiger partial charge in [0.05, 0.1) is 22.5 Å². The van der Waals surface area contributed by atoms with Gasteiger partial charge in [-0.1, -0.05) is 22.9 Å². The first-order chi connectivity index (χ1) is 13.8. The lowest BCUT2D eigenvalue weighted by Gasteiger charge is -2.19. The SMILES string of the molecule is Cc1cc(C)n(CCN(C(=O)c2ccn(C)n2)c2nc3c(C)c(Cl)ccc3s2)n1. The van der Waals surface area contributed by atoms with E-state index in [1.807, 2.05) is 43.7 Å². The van der Waals surface area contributed by atoms with Crippen molar-refractivity contribution in [1.29, 1.82) is 0 Å². The highest BCUT2D eigenvalue weighted by atomic mass is 35.5. The van der Waals surface area contributed by atoms with Crippen LogP contribution in [0.4, 0.5) is 5.13 Å². The van der Waals surface area contributed by atoms with Crippen molar-refractivity contribution in [2.45, 2.75) is 27.3 Å². The predicted molar refractivity (Wildman–Crippen MR) is 116 cm³/mol. The molecule has 0 fully saturated rings. The Morgan fingerprint density at radius 3 is 2.66 bits per heavy atom. The number of fused-ring (bicyclic) bond motifs is 1. The van der Waals surface area contributed by atoms with Gasteiger partial charge < -0.3 is 0 Å². The first kappa shape index (κ1) is 19.6. The Hall–Kier alpha value is -2.71. The minimum Gasteiger partial charge on any atom is -0.281 e. The predicted octanol–water partition coefficient (Wildman–Crippen LogP) is 4.15. The molecule has 7 nitrogen and oxygen atoms in total. The van der Waals surface area contributed by atoms with Crippen molar-refractivity contribution in [3.63, 3.8) is 0 Å². The molecule has 0 unspecified atom stereocenters. The minimum absolute atomic E-state index is 0.185. The number of nitrogens with zero attached hydrogens (tertiary/aromatic N) is 6. The lowest BCUT2D eigenvalue weighted by molar-refractivity contribution is 0.0980. The van der Waals surface area contributed by atoms with E-state index in [1.165, 1.54) is 11.3 Å². The third kappa shape index (κ3) is 3.77. The first-order valence-corrected chi connectivity index (χ1v) is 10.4. The van der Waals surface area contributed by atoms with Gasteiger partial charge in [0.1, 0.15) is 0 Å². The second kappa shape index (κ2) is 7.61. The van der Waals surface area contributed by atoms with Crippen molar-refractivity contribution >= 4 is 44.2 Å². The molecule has 0 aliphatic carbocycles. The molecular formula is C20H21ClN6OS. The summed E-state index contributed by atoms with van der Waals surface area (Å²) in [6, 6.07) is 7.54. The van der Waals surface area contributed by atoms with Crippen LogP contribution in [0.2, 0.25) is 5.02 Å². The molecule has 1 amide bonds. The van der Waals surface area contributed by atoms with Gasteiger partial charge in [0.15, 0.2) is 10.8 Å². The maximum Gasteiger partial charge on any atom is 0.280 e. The molecular weight excluding hydrogens is 408 g/mol. The summed E-state index contributed by atoms with van der Waals surface area (Å²) in [7, 11) is 1.79. The lowest BCUT2D eigenvalue weighted by Crippen LogP contribution is -2.34. The van der Waals surface area contributed by atoms with Crippen molar-refractivity contribution in [2.75, 3.05) is 11.4 Å². The van der Waals surface area contributed by atoms with Crippen molar-refractivity contribution in [1.82, 2.24) is 24.5 Å². The van der Waals surface area contributed by atoms with Crippen LogP contribution in [0.1, 0.15) is 27.4 Å². The molecule has 9 heteroatoms. The molecule has 0 atom stereocenters. The van der Waals surface area contributed by atoms with Crippen LogP contribution in [0.15, 0.2) is 30.5 Å². The Labute approximate surface area is 177 Å². The van der Waals surface area contributed by atoms with Crippen molar-refractivity contribution in [3.8, 4) is 0 Å². The van der Waals surface area contributed by atoms with Gasteiger partial charge in [0, 0.05) is 30.5 Å². The molecule has 0 radical (unpaired) electrons. The summed E-state index contributed by atoms with van der Waals surface area (Å²) in [4.78, 5) is 19.7. The average Bonchev–Trinajstić information content (AvgIpc) is 3.37. The maximum atomic E-state index is 13.3. The molecule has 0 aliphatic heterocycles. The fraction of sp³-hybridized carbons (Fsp3) is 0.300. The summed E-state index contributed by atoms with van der Waals surface area (Å²) in [5, 5.41) is 10.1.